The Morgan fingerprint density at radius 3 is 2.39 bits per heavy atom. The van der Waals surface area contributed by atoms with Crippen LogP contribution in [0.4, 0.5) is 5.69 Å². The smallest absolute Gasteiger partial charge is 0.255 e. The van der Waals surface area contributed by atoms with E-state index < -0.39 is 15.9 Å². The molecule has 0 aromatic heterocycles. The largest absolute Gasteiger partial charge is 0.495 e. The van der Waals surface area contributed by atoms with Crippen molar-refractivity contribution in [3.8, 4) is 5.75 Å². The minimum Gasteiger partial charge on any atom is -0.495 e. The molecule has 0 aliphatic carbocycles. The summed E-state index contributed by atoms with van der Waals surface area (Å²) < 4.78 is 28.2. The lowest BCUT2D eigenvalue weighted by molar-refractivity contribution is 0.102. The van der Waals surface area contributed by atoms with Gasteiger partial charge in [0.2, 0.25) is 10.0 Å². The normalized spacial score (nSPS) is 11.1. The quantitative estimate of drug-likeness (QED) is 0.895. The second-order valence-corrected chi connectivity index (χ2v) is 6.80. The van der Waals surface area contributed by atoms with Crippen LogP contribution in [-0.2, 0) is 10.0 Å². The molecule has 0 spiro atoms. The maximum atomic E-state index is 12.4. The highest BCUT2D eigenvalue weighted by Gasteiger charge is 2.15. The number of hydrogen-bond acceptors (Lipinski definition) is 4. The molecular weight excluding hydrogens is 316 g/mol. The predicted octanol–water partition coefficient (Wildman–Crippen LogP) is 2.21. The Bertz CT molecular complexity index is 860. The van der Waals surface area contributed by atoms with Crippen LogP contribution in [0.2, 0.25) is 0 Å². The third kappa shape index (κ3) is 4.08. The van der Waals surface area contributed by atoms with Gasteiger partial charge in [-0.15, -0.1) is 0 Å². The molecule has 0 bridgehead atoms. The van der Waals surface area contributed by atoms with E-state index in [1.165, 1.54) is 19.2 Å². The van der Waals surface area contributed by atoms with Crippen molar-refractivity contribution >= 4 is 21.6 Å². The lowest BCUT2D eigenvalue weighted by Crippen LogP contribution is -2.16. The number of aryl methyl sites for hydroxylation is 2. The Kier molecular flexibility index (Phi) is 4.72. The highest BCUT2D eigenvalue weighted by atomic mass is 32.2. The molecule has 0 unspecified atom stereocenters. The van der Waals surface area contributed by atoms with Gasteiger partial charge in [0.1, 0.15) is 5.75 Å². The van der Waals surface area contributed by atoms with E-state index in [2.05, 4.69) is 5.32 Å². The van der Waals surface area contributed by atoms with E-state index in [1.54, 1.807) is 25.1 Å². The van der Waals surface area contributed by atoms with Crippen LogP contribution >= 0.6 is 0 Å². The van der Waals surface area contributed by atoms with Gasteiger partial charge in [-0.25, -0.2) is 13.6 Å². The van der Waals surface area contributed by atoms with Crippen molar-refractivity contribution in [2.24, 2.45) is 5.14 Å². The minimum absolute atomic E-state index is 0.0983. The molecule has 0 saturated heterocycles. The van der Waals surface area contributed by atoms with E-state index in [-0.39, 0.29) is 10.5 Å². The maximum absolute atomic E-state index is 12.4. The summed E-state index contributed by atoms with van der Waals surface area (Å²) in [6.07, 6.45) is 0. The molecule has 122 valence electrons. The van der Waals surface area contributed by atoms with E-state index >= 15 is 0 Å². The lowest BCUT2D eigenvalue weighted by atomic mass is 10.1. The van der Waals surface area contributed by atoms with E-state index in [0.29, 0.717) is 17.0 Å². The third-order valence-electron chi connectivity index (χ3n) is 3.24. The maximum Gasteiger partial charge on any atom is 0.255 e. The second-order valence-electron chi connectivity index (χ2n) is 5.24. The number of primary sulfonamides is 1. The molecule has 0 heterocycles. The number of rotatable bonds is 4. The molecule has 0 atom stereocenters. The molecule has 0 fully saturated rings. The molecule has 2 rings (SSSR count). The summed E-state index contributed by atoms with van der Waals surface area (Å²) >= 11 is 0. The summed E-state index contributed by atoms with van der Waals surface area (Å²) in [4.78, 5) is 12.3. The first kappa shape index (κ1) is 17.0. The molecule has 0 radical (unpaired) electrons. The first-order valence-electron chi connectivity index (χ1n) is 6.81. The van der Waals surface area contributed by atoms with Gasteiger partial charge < -0.3 is 10.1 Å². The fourth-order valence-corrected chi connectivity index (χ4v) is 2.80. The fraction of sp³-hybridized carbons (Fsp3) is 0.188. The van der Waals surface area contributed by atoms with Gasteiger partial charge in [0.05, 0.1) is 17.7 Å². The van der Waals surface area contributed by atoms with Gasteiger partial charge in [0.25, 0.3) is 5.91 Å². The highest BCUT2D eigenvalue weighted by Crippen LogP contribution is 2.26. The van der Waals surface area contributed by atoms with Crippen molar-refractivity contribution in [2.45, 2.75) is 18.7 Å². The Morgan fingerprint density at radius 2 is 1.78 bits per heavy atom. The number of carbonyl (C=O) groups excluding carboxylic acids is 1. The number of carbonyl (C=O) groups is 1. The van der Waals surface area contributed by atoms with Crippen molar-refractivity contribution in [3.05, 3.63) is 53.1 Å². The summed E-state index contributed by atoms with van der Waals surface area (Å²) in [5, 5.41) is 7.86. The zero-order valence-electron chi connectivity index (χ0n) is 13.1. The molecule has 3 N–H and O–H groups in total. The minimum atomic E-state index is -3.88. The van der Waals surface area contributed by atoms with Crippen LogP contribution in [0.15, 0.2) is 41.3 Å². The van der Waals surface area contributed by atoms with Crippen molar-refractivity contribution in [2.75, 3.05) is 12.4 Å². The molecule has 6 nitrogen and oxygen atoms in total. The number of sulfonamides is 1. The van der Waals surface area contributed by atoms with Crippen molar-refractivity contribution < 1.29 is 17.9 Å². The number of methoxy groups -OCH3 is 1. The summed E-state index contributed by atoms with van der Waals surface area (Å²) in [5.74, 6) is 0.0748. The SMILES string of the molecule is COc1ccc(C)cc1NC(=O)c1cc(C)cc(S(N)(=O)=O)c1. The topological polar surface area (TPSA) is 98.5 Å². The van der Waals surface area contributed by atoms with Crippen LogP contribution in [0.3, 0.4) is 0 Å². The number of hydrogen-bond donors (Lipinski definition) is 2. The van der Waals surface area contributed by atoms with Gasteiger partial charge in [-0.05, 0) is 55.3 Å². The first-order valence-corrected chi connectivity index (χ1v) is 8.36. The van der Waals surface area contributed by atoms with E-state index in [4.69, 9.17) is 9.88 Å². The predicted molar refractivity (Wildman–Crippen MR) is 88.2 cm³/mol. The van der Waals surface area contributed by atoms with E-state index in [1.807, 2.05) is 13.0 Å². The van der Waals surface area contributed by atoms with Gasteiger partial charge in [-0.2, -0.15) is 0 Å². The van der Waals surface area contributed by atoms with Crippen LogP contribution in [0.25, 0.3) is 0 Å². The Balaban J connectivity index is 2.39. The molecule has 0 aliphatic heterocycles. The molecule has 2 aromatic carbocycles. The Hall–Kier alpha value is -2.38. The summed E-state index contributed by atoms with van der Waals surface area (Å²) in [7, 11) is -2.37. The Labute approximate surface area is 135 Å². The number of nitrogens with two attached hydrogens (primary N) is 1. The highest BCUT2D eigenvalue weighted by molar-refractivity contribution is 7.89. The monoisotopic (exact) mass is 334 g/mol. The molecule has 23 heavy (non-hydrogen) atoms. The van der Waals surface area contributed by atoms with Crippen LogP contribution in [-0.4, -0.2) is 21.4 Å². The zero-order chi connectivity index (χ0) is 17.2. The Morgan fingerprint density at radius 1 is 1.09 bits per heavy atom. The molecule has 2 aromatic rings. The molecular formula is C16H18N2O4S. The number of anilines is 1. The number of ether oxygens (including phenoxy) is 1. The zero-order valence-corrected chi connectivity index (χ0v) is 13.9. The second kappa shape index (κ2) is 6.39. The van der Waals surface area contributed by atoms with Crippen molar-refractivity contribution in [1.29, 1.82) is 0 Å². The first-order chi connectivity index (χ1) is 10.7. The van der Waals surface area contributed by atoms with E-state index in [9.17, 15) is 13.2 Å². The number of amides is 1. The van der Waals surface area contributed by atoms with Crippen molar-refractivity contribution in [3.63, 3.8) is 0 Å². The number of nitrogens with one attached hydrogen (secondary N) is 1. The molecule has 1 amide bonds. The summed E-state index contributed by atoms with van der Waals surface area (Å²) in [6, 6.07) is 9.63. The van der Waals surface area contributed by atoms with Crippen LogP contribution in [0.1, 0.15) is 21.5 Å². The van der Waals surface area contributed by atoms with Gasteiger partial charge in [-0.3, -0.25) is 4.79 Å². The molecule has 0 aliphatic rings. The third-order valence-corrected chi connectivity index (χ3v) is 4.14. The molecule has 0 saturated carbocycles. The van der Waals surface area contributed by atoms with Gasteiger partial charge in [-0.1, -0.05) is 6.07 Å². The molecule has 7 heteroatoms. The van der Waals surface area contributed by atoms with Gasteiger partial charge in [0, 0.05) is 5.56 Å². The summed E-state index contributed by atoms with van der Waals surface area (Å²) in [5.41, 5.74) is 2.29. The van der Waals surface area contributed by atoms with Gasteiger partial charge in [0.15, 0.2) is 0 Å². The number of benzene rings is 2. The standard InChI is InChI=1S/C16H18N2O4S/c1-10-4-5-15(22-3)14(8-10)18-16(19)12-6-11(2)7-13(9-12)23(17,20)21/h4-9H,1-3H3,(H,18,19)(H2,17,20,21). The van der Waals surface area contributed by atoms with Crippen LogP contribution in [0.5, 0.6) is 5.75 Å². The van der Waals surface area contributed by atoms with E-state index in [0.717, 1.165) is 5.56 Å². The van der Waals surface area contributed by atoms with Crippen molar-refractivity contribution in [1.82, 2.24) is 0 Å². The fourth-order valence-electron chi connectivity index (χ4n) is 2.16. The van der Waals surface area contributed by atoms with Gasteiger partial charge >= 0.3 is 0 Å². The average molecular weight is 334 g/mol. The van der Waals surface area contributed by atoms with Crippen LogP contribution in [0, 0.1) is 13.8 Å². The lowest BCUT2D eigenvalue weighted by Gasteiger charge is -2.12. The summed E-state index contributed by atoms with van der Waals surface area (Å²) in [6.45, 7) is 3.58. The average Bonchev–Trinajstić information content (AvgIpc) is 2.46. The van der Waals surface area contributed by atoms with Crippen LogP contribution < -0.4 is 15.2 Å².